The average Bonchev–Trinajstić information content (AvgIpc) is 2.09. The minimum Gasteiger partial charge on any atom is -0.322 e. The van der Waals surface area contributed by atoms with Gasteiger partial charge in [-0.2, -0.15) is 0 Å². The number of rotatable bonds is 3. The average molecular weight is 180 g/mol. The summed E-state index contributed by atoms with van der Waals surface area (Å²) >= 11 is 1.61. The second-order valence-electron chi connectivity index (χ2n) is 2.17. The summed E-state index contributed by atoms with van der Waals surface area (Å²) in [4.78, 5) is 5.36. The lowest BCUT2D eigenvalue weighted by Crippen LogP contribution is -1.91. The van der Waals surface area contributed by atoms with Crippen LogP contribution in [0, 0.1) is 0 Å². The minimum absolute atomic E-state index is 0.593. The van der Waals surface area contributed by atoms with Crippen molar-refractivity contribution in [2.75, 3.05) is 5.88 Å². The monoisotopic (exact) mass is 180 g/mol. The summed E-state index contributed by atoms with van der Waals surface area (Å²) in [5.41, 5.74) is 6.43. The summed E-state index contributed by atoms with van der Waals surface area (Å²) in [5, 5.41) is 0. The molecule has 0 unspecified atom stereocenters. The van der Waals surface area contributed by atoms with Gasteiger partial charge >= 0.3 is 0 Å². The molecule has 64 valence electrons. The lowest BCUT2D eigenvalue weighted by molar-refractivity contribution is 1.34. The molecule has 0 fully saturated rings. The molecule has 0 aliphatic heterocycles. The number of nitrogens with zero attached hydrogens (tertiary/aromatic N) is 1. The first kappa shape index (κ1) is 9.29. The minimum atomic E-state index is 0.593. The van der Waals surface area contributed by atoms with Gasteiger partial charge in [0.05, 0.1) is 5.69 Å². The quantitative estimate of drug-likeness (QED) is 0.440. The van der Waals surface area contributed by atoms with Gasteiger partial charge in [0.2, 0.25) is 0 Å². The molecule has 0 heterocycles. The van der Waals surface area contributed by atoms with E-state index < -0.39 is 0 Å². The first-order valence-corrected chi connectivity index (χ1v) is 4.77. The molecule has 1 rings (SSSR count). The van der Waals surface area contributed by atoms with Gasteiger partial charge in [-0.25, -0.2) is 0 Å². The Kier molecular flexibility index (Phi) is 3.84. The number of hydrogen-bond acceptors (Lipinski definition) is 3. The van der Waals surface area contributed by atoms with E-state index >= 15 is 0 Å². The number of para-hydroxylation sites is 1. The third kappa shape index (κ3) is 2.36. The van der Waals surface area contributed by atoms with Crippen LogP contribution in [0.1, 0.15) is 6.92 Å². The number of benzene rings is 1. The van der Waals surface area contributed by atoms with Crippen molar-refractivity contribution in [3.63, 3.8) is 0 Å². The molecule has 0 radical (unpaired) electrons. The van der Waals surface area contributed by atoms with Gasteiger partial charge in [-0.3, -0.25) is 4.99 Å². The molecule has 0 saturated heterocycles. The van der Waals surface area contributed by atoms with Gasteiger partial charge in [-0.1, -0.05) is 12.1 Å². The van der Waals surface area contributed by atoms with Crippen LogP contribution in [-0.2, 0) is 0 Å². The van der Waals surface area contributed by atoms with E-state index in [1.54, 1.807) is 18.0 Å². The van der Waals surface area contributed by atoms with Gasteiger partial charge in [-0.05, 0) is 19.1 Å². The van der Waals surface area contributed by atoms with Crippen LogP contribution >= 0.6 is 11.8 Å². The molecule has 2 nitrogen and oxygen atoms in total. The standard InChI is InChI=1S/C9H12N2S/c1-2-11-8-5-3-4-6-9(8)12-7-10/h2-6H,7,10H2,1H3. The molecule has 0 spiro atoms. The fourth-order valence-corrected chi connectivity index (χ4v) is 1.54. The van der Waals surface area contributed by atoms with Crippen LogP contribution in [0.3, 0.4) is 0 Å². The molecule has 0 amide bonds. The van der Waals surface area contributed by atoms with E-state index in [4.69, 9.17) is 5.73 Å². The van der Waals surface area contributed by atoms with Crippen LogP contribution in [0.5, 0.6) is 0 Å². The van der Waals surface area contributed by atoms with Crippen molar-refractivity contribution >= 4 is 23.7 Å². The summed E-state index contributed by atoms with van der Waals surface area (Å²) in [6, 6.07) is 7.98. The van der Waals surface area contributed by atoms with E-state index in [1.165, 1.54) is 0 Å². The molecule has 1 aromatic carbocycles. The fourth-order valence-electron chi connectivity index (χ4n) is 0.915. The molecule has 0 aliphatic rings. The van der Waals surface area contributed by atoms with E-state index in [0.29, 0.717) is 5.88 Å². The van der Waals surface area contributed by atoms with Gasteiger partial charge in [0, 0.05) is 17.0 Å². The largest absolute Gasteiger partial charge is 0.322 e. The van der Waals surface area contributed by atoms with Crippen molar-refractivity contribution in [1.82, 2.24) is 0 Å². The molecule has 0 aromatic heterocycles. The SMILES string of the molecule is CC=Nc1ccccc1SCN. The van der Waals surface area contributed by atoms with E-state index in [2.05, 4.69) is 4.99 Å². The number of nitrogens with two attached hydrogens (primary N) is 1. The summed E-state index contributed by atoms with van der Waals surface area (Å²) < 4.78 is 0. The summed E-state index contributed by atoms with van der Waals surface area (Å²) in [5.74, 6) is 0.593. The first-order chi connectivity index (χ1) is 5.88. The Bertz CT molecular complexity index is 271. The summed E-state index contributed by atoms with van der Waals surface area (Å²) in [7, 11) is 0. The van der Waals surface area contributed by atoms with Crippen molar-refractivity contribution in [3.8, 4) is 0 Å². The molecule has 2 N–H and O–H groups in total. The van der Waals surface area contributed by atoms with Crippen LogP contribution in [0.4, 0.5) is 5.69 Å². The third-order valence-electron chi connectivity index (χ3n) is 1.37. The van der Waals surface area contributed by atoms with Crippen molar-refractivity contribution in [3.05, 3.63) is 24.3 Å². The Labute approximate surface area is 76.9 Å². The predicted molar refractivity (Wildman–Crippen MR) is 55.2 cm³/mol. The van der Waals surface area contributed by atoms with Crippen molar-refractivity contribution in [2.24, 2.45) is 10.7 Å². The normalized spacial score (nSPS) is 10.8. The van der Waals surface area contributed by atoms with Gasteiger partial charge in [-0.15, -0.1) is 11.8 Å². The Morgan fingerprint density at radius 1 is 1.50 bits per heavy atom. The van der Waals surface area contributed by atoms with E-state index in [-0.39, 0.29) is 0 Å². The second kappa shape index (κ2) is 4.95. The lowest BCUT2D eigenvalue weighted by atomic mass is 10.3. The Morgan fingerprint density at radius 2 is 2.25 bits per heavy atom. The molecule has 0 aliphatic carbocycles. The Balaban J connectivity index is 2.91. The van der Waals surface area contributed by atoms with E-state index in [9.17, 15) is 0 Å². The highest BCUT2D eigenvalue weighted by molar-refractivity contribution is 7.99. The zero-order chi connectivity index (χ0) is 8.81. The third-order valence-corrected chi connectivity index (χ3v) is 2.20. The van der Waals surface area contributed by atoms with Crippen LogP contribution in [0.25, 0.3) is 0 Å². The molecular formula is C9H12N2S. The smallest absolute Gasteiger partial charge is 0.0761 e. The second-order valence-corrected chi connectivity index (χ2v) is 3.23. The van der Waals surface area contributed by atoms with Crippen LogP contribution < -0.4 is 5.73 Å². The van der Waals surface area contributed by atoms with Gasteiger partial charge in [0.25, 0.3) is 0 Å². The topological polar surface area (TPSA) is 38.4 Å². The number of aliphatic imine (C=N–C) groups is 1. The Morgan fingerprint density at radius 3 is 2.92 bits per heavy atom. The molecular weight excluding hydrogens is 168 g/mol. The lowest BCUT2D eigenvalue weighted by Gasteiger charge is -2.01. The highest BCUT2D eigenvalue weighted by Gasteiger charge is 1.97. The van der Waals surface area contributed by atoms with Crippen molar-refractivity contribution in [2.45, 2.75) is 11.8 Å². The fraction of sp³-hybridized carbons (Fsp3) is 0.222. The molecule has 0 atom stereocenters. The maximum atomic E-state index is 5.44. The predicted octanol–water partition coefficient (Wildman–Crippen LogP) is 2.42. The van der Waals surface area contributed by atoms with Gasteiger partial charge < -0.3 is 5.73 Å². The highest BCUT2D eigenvalue weighted by atomic mass is 32.2. The van der Waals surface area contributed by atoms with Crippen molar-refractivity contribution < 1.29 is 0 Å². The zero-order valence-electron chi connectivity index (χ0n) is 7.03. The first-order valence-electron chi connectivity index (χ1n) is 3.79. The van der Waals surface area contributed by atoms with Gasteiger partial charge in [0.1, 0.15) is 0 Å². The van der Waals surface area contributed by atoms with Crippen molar-refractivity contribution in [1.29, 1.82) is 0 Å². The molecule has 1 aromatic rings. The number of hydrogen-bond donors (Lipinski definition) is 1. The van der Waals surface area contributed by atoms with E-state index in [1.807, 2.05) is 31.2 Å². The van der Waals surface area contributed by atoms with Gasteiger partial charge in [0.15, 0.2) is 0 Å². The van der Waals surface area contributed by atoms with Crippen LogP contribution in [-0.4, -0.2) is 12.1 Å². The molecule has 0 saturated carbocycles. The zero-order valence-corrected chi connectivity index (χ0v) is 7.84. The Hall–Kier alpha value is -0.800. The maximum Gasteiger partial charge on any atom is 0.0761 e. The number of thioether (sulfide) groups is 1. The molecule has 3 heteroatoms. The maximum absolute atomic E-state index is 5.44. The highest BCUT2D eigenvalue weighted by Crippen LogP contribution is 2.27. The van der Waals surface area contributed by atoms with Crippen LogP contribution in [0.2, 0.25) is 0 Å². The summed E-state index contributed by atoms with van der Waals surface area (Å²) in [6.45, 7) is 1.91. The molecule has 0 bridgehead atoms. The molecule has 12 heavy (non-hydrogen) atoms. The summed E-state index contributed by atoms with van der Waals surface area (Å²) in [6.07, 6.45) is 1.79. The van der Waals surface area contributed by atoms with Crippen LogP contribution in [0.15, 0.2) is 34.2 Å². The van der Waals surface area contributed by atoms with E-state index in [0.717, 1.165) is 10.6 Å².